The van der Waals surface area contributed by atoms with Crippen molar-refractivity contribution in [3.05, 3.63) is 51.8 Å². The molecule has 1 unspecified atom stereocenters. The number of benzene rings is 1. The zero-order valence-corrected chi connectivity index (χ0v) is 16.0. The minimum atomic E-state index is -0.105. The van der Waals surface area contributed by atoms with Crippen LogP contribution in [0.2, 0.25) is 5.02 Å². The minimum Gasteiger partial charge on any atom is -0.350 e. The largest absolute Gasteiger partial charge is 0.350 e. The van der Waals surface area contributed by atoms with Gasteiger partial charge in [-0.25, -0.2) is 0 Å². The maximum Gasteiger partial charge on any atom is 0.255 e. The van der Waals surface area contributed by atoms with Gasteiger partial charge in [0.25, 0.3) is 5.91 Å². The Hall–Kier alpha value is -1.56. The van der Waals surface area contributed by atoms with Crippen LogP contribution in [0.5, 0.6) is 0 Å². The number of halogens is 2. The summed E-state index contributed by atoms with van der Waals surface area (Å²) >= 11 is 6.22. The van der Waals surface area contributed by atoms with Gasteiger partial charge in [-0.3, -0.25) is 9.48 Å². The van der Waals surface area contributed by atoms with Crippen molar-refractivity contribution in [1.29, 1.82) is 0 Å². The lowest BCUT2D eigenvalue weighted by Crippen LogP contribution is -2.38. The van der Waals surface area contributed by atoms with Crippen LogP contribution in [-0.4, -0.2) is 28.3 Å². The van der Waals surface area contributed by atoms with Gasteiger partial charge in [0.1, 0.15) is 0 Å². The summed E-state index contributed by atoms with van der Waals surface area (Å²) in [6.45, 7) is 4.82. The molecule has 2 aromatic rings. The number of nitrogens with two attached hydrogens (primary N) is 1. The lowest BCUT2D eigenvalue weighted by Gasteiger charge is -2.12. The predicted octanol–water partition coefficient (Wildman–Crippen LogP) is 3.09. The van der Waals surface area contributed by atoms with Crippen molar-refractivity contribution in [2.24, 2.45) is 11.7 Å². The Bertz CT molecular complexity index is 756. The molecule has 1 amide bonds. The highest BCUT2D eigenvalue weighted by Gasteiger charge is 2.29. The summed E-state index contributed by atoms with van der Waals surface area (Å²) in [4.78, 5) is 12.5. The van der Waals surface area contributed by atoms with E-state index in [1.807, 2.05) is 42.8 Å². The Morgan fingerprint density at radius 2 is 2.08 bits per heavy atom. The van der Waals surface area contributed by atoms with Crippen LogP contribution in [-0.2, 0) is 6.54 Å². The van der Waals surface area contributed by atoms with Crippen LogP contribution >= 0.6 is 24.0 Å². The number of hydrogen-bond donors (Lipinski definition) is 2. The maximum atomic E-state index is 12.5. The summed E-state index contributed by atoms with van der Waals surface area (Å²) in [6, 6.07) is 7.71. The van der Waals surface area contributed by atoms with Crippen molar-refractivity contribution in [3.8, 4) is 0 Å². The Kier molecular flexibility index (Phi) is 6.49. The SMILES string of the molecule is Cc1nn(Cc2ccccc2Cl)c(C)c1C(=O)NCC(N)C1CC1.Cl. The Morgan fingerprint density at radius 3 is 2.72 bits per heavy atom. The molecule has 1 aliphatic rings. The number of nitrogens with one attached hydrogen (secondary N) is 1. The third-order valence-electron chi connectivity index (χ3n) is 4.61. The first-order chi connectivity index (χ1) is 11.5. The molecule has 1 aromatic heterocycles. The van der Waals surface area contributed by atoms with Gasteiger partial charge in [-0.1, -0.05) is 29.8 Å². The van der Waals surface area contributed by atoms with E-state index in [2.05, 4.69) is 10.4 Å². The molecule has 25 heavy (non-hydrogen) atoms. The van der Waals surface area contributed by atoms with E-state index in [0.29, 0.717) is 29.6 Å². The van der Waals surface area contributed by atoms with E-state index in [0.717, 1.165) is 17.0 Å². The predicted molar refractivity (Wildman–Crippen MR) is 103 cm³/mol. The lowest BCUT2D eigenvalue weighted by atomic mass is 10.1. The van der Waals surface area contributed by atoms with Crippen LogP contribution in [0.3, 0.4) is 0 Å². The number of aryl methyl sites for hydroxylation is 1. The van der Waals surface area contributed by atoms with Crippen molar-refractivity contribution in [2.45, 2.75) is 39.3 Å². The van der Waals surface area contributed by atoms with Crippen LogP contribution in [0.15, 0.2) is 24.3 Å². The molecule has 0 saturated heterocycles. The number of carbonyl (C=O) groups excluding carboxylic acids is 1. The number of hydrogen-bond acceptors (Lipinski definition) is 3. The maximum absolute atomic E-state index is 12.5. The molecule has 136 valence electrons. The van der Waals surface area contributed by atoms with E-state index in [1.54, 1.807) is 0 Å². The molecule has 1 heterocycles. The average molecular weight is 383 g/mol. The quantitative estimate of drug-likeness (QED) is 0.805. The number of amides is 1. The van der Waals surface area contributed by atoms with Crippen LogP contribution in [0.4, 0.5) is 0 Å². The van der Waals surface area contributed by atoms with Crippen LogP contribution in [0.1, 0.15) is 40.2 Å². The summed E-state index contributed by atoms with van der Waals surface area (Å²) in [6.07, 6.45) is 2.34. The van der Waals surface area contributed by atoms with Gasteiger partial charge in [0, 0.05) is 23.3 Å². The molecule has 0 aliphatic heterocycles. The lowest BCUT2D eigenvalue weighted by molar-refractivity contribution is 0.0949. The molecule has 1 aliphatic carbocycles. The molecule has 1 saturated carbocycles. The number of aromatic nitrogens is 2. The summed E-state index contributed by atoms with van der Waals surface area (Å²) in [5, 5.41) is 8.16. The zero-order valence-electron chi connectivity index (χ0n) is 14.5. The Labute approximate surface area is 159 Å². The van der Waals surface area contributed by atoms with E-state index >= 15 is 0 Å². The normalized spacial score (nSPS) is 14.7. The van der Waals surface area contributed by atoms with Crippen molar-refractivity contribution in [3.63, 3.8) is 0 Å². The van der Waals surface area contributed by atoms with E-state index in [9.17, 15) is 4.79 Å². The molecule has 1 fully saturated rings. The molecule has 0 radical (unpaired) electrons. The first kappa shape index (κ1) is 19.8. The molecule has 5 nitrogen and oxygen atoms in total. The number of rotatable bonds is 6. The molecule has 3 N–H and O–H groups in total. The van der Waals surface area contributed by atoms with E-state index < -0.39 is 0 Å². The van der Waals surface area contributed by atoms with Crippen LogP contribution in [0.25, 0.3) is 0 Å². The fourth-order valence-corrected chi connectivity index (χ4v) is 3.15. The fourth-order valence-electron chi connectivity index (χ4n) is 2.96. The molecule has 3 rings (SSSR count). The third kappa shape index (κ3) is 4.54. The summed E-state index contributed by atoms with van der Waals surface area (Å²) in [7, 11) is 0. The van der Waals surface area contributed by atoms with Gasteiger partial charge in [-0.2, -0.15) is 5.10 Å². The fraction of sp³-hybridized carbons (Fsp3) is 0.444. The molecule has 1 atom stereocenters. The van der Waals surface area contributed by atoms with E-state index in [-0.39, 0.29) is 24.4 Å². The highest BCUT2D eigenvalue weighted by Crippen LogP contribution is 2.31. The standard InChI is InChI=1S/C18H23ClN4O.ClH/c1-11-17(18(24)21-9-16(20)13-7-8-13)12(2)23(22-11)10-14-5-3-4-6-15(14)19;/h3-6,13,16H,7-10,20H2,1-2H3,(H,21,24);1H. The topological polar surface area (TPSA) is 72.9 Å². The molecule has 7 heteroatoms. The van der Waals surface area contributed by atoms with Gasteiger partial charge < -0.3 is 11.1 Å². The smallest absolute Gasteiger partial charge is 0.255 e. The summed E-state index contributed by atoms with van der Waals surface area (Å²) < 4.78 is 1.83. The van der Waals surface area contributed by atoms with E-state index in [4.69, 9.17) is 17.3 Å². The molecular formula is C18H24Cl2N4O. The van der Waals surface area contributed by atoms with Crippen LogP contribution < -0.4 is 11.1 Å². The highest BCUT2D eigenvalue weighted by molar-refractivity contribution is 6.31. The van der Waals surface area contributed by atoms with Gasteiger partial charge in [0.2, 0.25) is 0 Å². The first-order valence-corrected chi connectivity index (χ1v) is 8.66. The van der Waals surface area contributed by atoms with Gasteiger partial charge >= 0.3 is 0 Å². The Morgan fingerprint density at radius 1 is 1.40 bits per heavy atom. The summed E-state index contributed by atoms with van der Waals surface area (Å²) in [5.74, 6) is 0.460. The van der Waals surface area contributed by atoms with Crippen molar-refractivity contribution < 1.29 is 4.79 Å². The van der Waals surface area contributed by atoms with Gasteiger partial charge in [0.15, 0.2) is 0 Å². The minimum absolute atomic E-state index is 0. The van der Waals surface area contributed by atoms with Crippen molar-refractivity contribution in [2.75, 3.05) is 6.54 Å². The molecule has 1 aromatic carbocycles. The zero-order chi connectivity index (χ0) is 17.3. The van der Waals surface area contributed by atoms with Gasteiger partial charge in [-0.05, 0) is 44.2 Å². The Balaban J connectivity index is 0.00000225. The average Bonchev–Trinajstić information content (AvgIpc) is 3.35. The third-order valence-corrected chi connectivity index (χ3v) is 4.98. The monoisotopic (exact) mass is 382 g/mol. The van der Waals surface area contributed by atoms with Crippen molar-refractivity contribution >= 4 is 29.9 Å². The van der Waals surface area contributed by atoms with Crippen molar-refractivity contribution in [1.82, 2.24) is 15.1 Å². The molecule has 0 spiro atoms. The number of nitrogens with zero attached hydrogens (tertiary/aromatic N) is 2. The van der Waals surface area contributed by atoms with Gasteiger partial charge in [0.05, 0.1) is 17.8 Å². The second-order valence-corrected chi connectivity index (χ2v) is 6.91. The summed E-state index contributed by atoms with van der Waals surface area (Å²) in [5.41, 5.74) is 9.22. The first-order valence-electron chi connectivity index (χ1n) is 8.28. The second kappa shape index (κ2) is 8.21. The second-order valence-electron chi connectivity index (χ2n) is 6.51. The van der Waals surface area contributed by atoms with Crippen LogP contribution in [0, 0.1) is 19.8 Å². The molecular weight excluding hydrogens is 359 g/mol. The molecule has 0 bridgehead atoms. The highest BCUT2D eigenvalue weighted by atomic mass is 35.5. The van der Waals surface area contributed by atoms with Gasteiger partial charge in [-0.15, -0.1) is 12.4 Å². The van der Waals surface area contributed by atoms with E-state index in [1.165, 1.54) is 12.8 Å². The number of carbonyl (C=O) groups is 1.